The van der Waals surface area contributed by atoms with Crippen LogP contribution in [-0.4, -0.2) is 22.7 Å². The third-order valence-corrected chi connectivity index (χ3v) is 4.41. The molecule has 24 heavy (non-hydrogen) atoms. The molecule has 2 aromatic carbocycles. The molecule has 1 aliphatic heterocycles. The van der Waals surface area contributed by atoms with Crippen LogP contribution < -0.4 is 5.32 Å². The van der Waals surface area contributed by atoms with Gasteiger partial charge in [-0.2, -0.15) is 0 Å². The third-order valence-electron chi connectivity index (χ3n) is 3.50. The highest BCUT2D eigenvalue weighted by Gasteiger charge is 2.34. The Bertz CT molecular complexity index is 818. The zero-order chi connectivity index (χ0) is 17.1. The fourth-order valence-corrected chi connectivity index (χ4v) is 3.11. The van der Waals surface area contributed by atoms with Crippen LogP contribution in [0.4, 0.5) is 14.9 Å². The number of hydrogen-bond donors (Lipinski definition) is 1. The maximum atomic E-state index is 12.9. The molecular weight excluding hydrogens is 327 g/mol. The maximum absolute atomic E-state index is 12.9. The van der Waals surface area contributed by atoms with Crippen LogP contribution in [0.15, 0.2) is 53.4 Å². The van der Waals surface area contributed by atoms with Gasteiger partial charge in [-0.3, -0.25) is 14.5 Å². The Morgan fingerprint density at radius 3 is 2.62 bits per heavy atom. The van der Waals surface area contributed by atoms with Crippen molar-refractivity contribution in [2.45, 2.75) is 6.92 Å². The van der Waals surface area contributed by atoms with Crippen LogP contribution in [0.25, 0.3) is 6.08 Å². The largest absolute Gasteiger partial charge is 0.367 e. The summed E-state index contributed by atoms with van der Waals surface area (Å²) in [7, 11) is 0. The van der Waals surface area contributed by atoms with Crippen LogP contribution in [-0.2, 0) is 4.79 Å². The van der Waals surface area contributed by atoms with Gasteiger partial charge in [0.15, 0.2) is 0 Å². The molecule has 2 aromatic rings. The molecule has 1 N–H and O–H groups in total. The Kier molecular flexibility index (Phi) is 4.66. The predicted molar refractivity (Wildman–Crippen MR) is 93.9 cm³/mol. The second kappa shape index (κ2) is 6.88. The van der Waals surface area contributed by atoms with Gasteiger partial charge in [0.1, 0.15) is 5.82 Å². The Balaban J connectivity index is 1.71. The lowest BCUT2D eigenvalue weighted by Crippen LogP contribution is -2.33. The van der Waals surface area contributed by atoms with E-state index in [1.807, 2.05) is 31.2 Å². The smallest absolute Gasteiger partial charge is 0.295 e. The summed E-state index contributed by atoms with van der Waals surface area (Å²) in [5.74, 6) is -0.697. The number of imide groups is 1. The topological polar surface area (TPSA) is 49.4 Å². The van der Waals surface area contributed by atoms with Crippen molar-refractivity contribution in [2.75, 3.05) is 12.0 Å². The molecule has 0 aromatic heterocycles. The van der Waals surface area contributed by atoms with Crippen molar-refractivity contribution < 1.29 is 14.0 Å². The lowest BCUT2D eigenvalue weighted by atomic mass is 10.2. The molecular formula is C18H15FN2O2S. The summed E-state index contributed by atoms with van der Waals surface area (Å²) in [6.45, 7) is 2.08. The normalized spacial score (nSPS) is 16.1. The molecule has 1 fully saturated rings. The lowest BCUT2D eigenvalue weighted by molar-refractivity contribution is -0.122. The fourth-order valence-electron chi connectivity index (χ4n) is 2.27. The van der Waals surface area contributed by atoms with Gasteiger partial charge in [0, 0.05) is 5.69 Å². The first-order chi connectivity index (χ1) is 11.5. The van der Waals surface area contributed by atoms with Gasteiger partial charge in [-0.1, -0.05) is 24.3 Å². The van der Waals surface area contributed by atoms with Crippen molar-refractivity contribution >= 4 is 34.7 Å². The van der Waals surface area contributed by atoms with Crippen LogP contribution in [0, 0.1) is 12.7 Å². The molecule has 0 atom stereocenters. The highest BCUT2D eigenvalue weighted by atomic mass is 32.2. The van der Waals surface area contributed by atoms with E-state index in [0.29, 0.717) is 10.5 Å². The number of thioether (sulfide) groups is 1. The first-order valence-electron chi connectivity index (χ1n) is 7.34. The monoisotopic (exact) mass is 342 g/mol. The van der Waals surface area contributed by atoms with E-state index in [0.717, 1.165) is 27.9 Å². The minimum absolute atomic E-state index is 0.106. The van der Waals surface area contributed by atoms with E-state index >= 15 is 0 Å². The highest BCUT2D eigenvalue weighted by molar-refractivity contribution is 8.18. The van der Waals surface area contributed by atoms with Crippen LogP contribution in [0.1, 0.15) is 11.1 Å². The zero-order valence-electron chi connectivity index (χ0n) is 13.0. The van der Waals surface area contributed by atoms with Crippen LogP contribution in [0.2, 0.25) is 0 Å². The van der Waals surface area contributed by atoms with Crippen molar-refractivity contribution in [2.24, 2.45) is 0 Å². The van der Waals surface area contributed by atoms with E-state index in [1.165, 1.54) is 12.1 Å². The number of aryl methyl sites for hydroxylation is 1. The number of nitrogens with zero attached hydrogens (tertiary/aromatic N) is 1. The van der Waals surface area contributed by atoms with Crippen molar-refractivity contribution in [1.29, 1.82) is 0 Å². The first-order valence-corrected chi connectivity index (χ1v) is 8.16. The number of rotatable bonds is 4. The molecule has 0 saturated carbocycles. The molecule has 1 saturated heterocycles. The average Bonchev–Trinajstić information content (AvgIpc) is 2.82. The second-order valence-electron chi connectivity index (χ2n) is 5.37. The molecule has 0 bridgehead atoms. The lowest BCUT2D eigenvalue weighted by Gasteiger charge is -2.14. The number of anilines is 1. The van der Waals surface area contributed by atoms with Gasteiger partial charge in [0.2, 0.25) is 0 Å². The van der Waals surface area contributed by atoms with Crippen molar-refractivity contribution in [1.82, 2.24) is 4.90 Å². The summed E-state index contributed by atoms with van der Waals surface area (Å²) in [4.78, 5) is 25.9. The van der Waals surface area contributed by atoms with Crippen LogP contribution >= 0.6 is 11.8 Å². The molecule has 6 heteroatoms. The summed E-state index contributed by atoms with van der Waals surface area (Å²) >= 11 is 0.884. The fraction of sp³-hybridized carbons (Fsp3) is 0.111. The molecule has 122 valence electrons. The van der Waals surface area contributed by atoms with Gasteiger partial charge in [-0.15, -0.1) is 0 Å². The molecule has 0 aliphatic carbocycles. The molecule has 1 aliphatic rings. The minimum atomic E-state index is -0.352. The Labute approximate surface area is 143 Å². The van der Waals surface area contributed by atoms with E-state index in [2.05, 4.69) is 5.32 Å². The summed E-state index contributed by atoms with van der Waals surface area (Å²) < 4.78 is 12.9. The SMILES string of the molecule is Cc1cccc(NCN2C(=O)S/C(=C\c3ccc(F)cc3)C2=O)c1. The highest BCUT2D eigenvalue weighted by Crippen LogP contribution is 2.32. The second-order valence-corrected chi connectivity index (χ2v) is 6.36. The van der Waals surface area contributed by atoms with E-state index in [9.17, 15) is 14.0 Å². The first kappa shape index (κ1) is 16.3. The van der Waals surface area contributed by atoms with Gasteiger partial charge < -0.3 is 5.32 Å². The maximum Gasteiger partial charge on any atom is 0.295 e. The number of halogens is 1. The van der Waals surface area contributed by atoms with Gasteiger partial charge in [-0.25, -0.2) is 4.39 Å². The summed E-state index contributed by atoms with van der Waals surface area (Å²) in [6, 6.07) is 13.4. The predicted octanol–water partition coefficient (Wildman–Crippen LogP) is 4.24. The summed E-state index contributed by atoms with van der Waals surface area (Å²) in [5.41, 5.74) is 2.61. The van der Waals surface area contributed by atoms with Crippen molar-refractivity contribution in [3.05, 3.63) is 70.4 Å². The van der Waals surface area contributed by atoms with Crippen molar-refractivity contribution in [3.63, 3.8) is 0 Å². The van der Waals surface area contributed by atoms with Gasteiger partial charge >= 0.3 is 0 Å². The van der Waals surface area contributed by atoms with Gasteiger partial charge in [0.05, 0.1) is 11.6 Å². The quantitative estimate of drug-likeness (QED) is 0.845. The summed E-state index contributed by atoms with van der Waals surface area (Å²) in [6.07, 6.45) is 1.59. The van der Waals surface area contributed by atoms with E-state index in [1.54, 1.807) is 18.2 Å². The standard InChI is InChI=1S/C18H15FN2O2S/c1-12-3-2-4-15(9-12)20-11-21-17(22)16(24-18(21)23)10-13-5-7-14(19)8-6-13/h2-10,20H,11H2,1H3/b16-10-. The molecule has 0 spiro atoms. The number of benzene rings is 2. The number of carbonyl (C=O) groups is 2. The molecule has 0 unspecified atom stereocenters. The van der Waals surface area contributed by atoms with E-state index < -0.39 is 0 Å². The molecule has 0 radical (unpaired) electrons. The Hall–Kier alpha value is -2.60. The molecule has 2 amide bonds. The van der Waals surface area contributed by atoms with E-state index in [4.69, 9.17) is 0 Å². The van der Waals surface area contributed by atoms with Crippen molar-refractivity contribution in [3.8, 4) is 0 Å². The van der Waals surface area contributed by atoms with E-state index in [-0.39, 0.29) is 23.6 Å². The number of nitrogens with one attached hydrogen (secondary N) is 1. The number of amides is 2. The number of carbonyl (C=O) groups excluding carboxylic acids is 2. The third kappa shape index (κ3) is 3.65. The molecule has 3 rings (SSSR count). The number of hydrogen-bond acceptors (Lipinski definition) is 4. The van der Waals surface area contributed by atoms with Crippen LogP contribution in [0.5, 0.6) is 0 Å². The average molecular weight is 342 g/mol. The van der Waals surface area contributed by atoms with Gasteiger partial charge in [0.25, 0.3) is 11.1 Å². The Morgan fingerprint density at radius 2 is 1.92 bits per heavy atom. The van der Waals surface area contributed by atoms with Gasteiger partial charge in [-0.05, 0) is 60.2 Å². The molecule has 1 heterocycles. The Morgan fingerprint density at radius 1 is 1.17 bits per heavy atom. The van der Waals surface area contributed by atoms with Crippen LogP contribution in [0.3, 0.4) is 0 Å². The zero-order valence-corrected chi connectivity index (χ0v) is 13.8. The molecule has 4 nitrogen and oxygen atoms in total. The summed E-state index contributed by atoms with van der Waals surface area (Å²) in [5, 5.41) is 2.75. The minimum Gasteiger partial charge on any atom is -0.367 e.